The molecule has 4 bridgehead atoms. The molecule has 5 aliphatic rings. The summed E-state index contributed by atoms with van der Waals surface area (Å²) in [6.07, 6.45) is 6.29. The fourth-order valence-electron chi connectivity index (χ4n) is 7.69. The maximum atomic E-state index is 14.0. The first kappa shape index (κ1) is 18.9. The molecule has 152 valence electrons. The minimum Gasteiger partial charge on any atom is -0.342 e. The zero-order valence-electron chi connectivity index (χ0n) is 17.2. The maximum absolute atomic E-state index is 14.0. The zero-order chi connectivity index (χ0) is 19.8. The summed E-state index contributed by atoms with van der Waals surface area (Å²) in [5.41, 5.74) is 7.82. The van der Waals surface area contributed by atoms with E-state index in [2.05, 4.69) is 49.1 Å². The van der Waals surface area contributed by atoms with Crippen molar-refractivity contribution >= 4 is 17.5 Å². The van der Waals surface area contributed by atoms with Crippen LogP contribution in [0.2, 0.25) is 0 Å². The Morgan fingerprint density at radius 3 is 2.61 bits per heavy atom. The first-order chi connectivity index (χ1) is 13.2. The van der Waals surface area contributed by atoms with Crippen LogP contribution < -0.4 is 5.73 Å². The summed E-state index contributed by atoms with van der Waals surface area (Å²) in [7, 11) is 0. The van der Waals surface area contributed by atoms with Crippen LogP contribution in [-0.4, -0.2) is 35.8 Å². The standard InChI is InChI=1S/C24H33ClN2O/c1-21(2)16-27(9-8-19(21)26)20(28)23-11-18-10-22(12-23,15-25)13-24(18,14-23)17-6-4-3-5-7-17/h3-7,18-19H,8-16,26H2,1-2H3/t18?,19-,22?,23?,24?/m0/s1. The molecule has 1 heterocycles. The molecule has 6 rings (SSSR count). The van der Waals surface area contributed by atoms with Crippen LogP contribution >= 0.6 is 11.6 Å². The number of rotatable bonds is 3. The smallest absolute Gasteiger partial charge is 0.228 e. The van der Waals surface area contributed by atoms with Crippen LogP contribution in [0.25, 0.3) is 0 Å². The van der Waals surface area contributed by atoms with Gasteiger partial charge in [-0.3, -0.25) is 4.79 Å². The normalized spacial score (nSPS) is 43.5. The monoisotopic (exact) mass is 400 g/mol. The fourth-order valence-corrected chi connectivity index (χ4v) is 7.99. The van der Waals surface area contributed by atoms with Crippen LogP contribution in [0.5, 0.6) is 0 Å². The Morgan fingerprint density at radius 1 is 1.18 bits per heavy atom. The van der Waals surface area contributed by atoms with Gasteiger partial charge in [0.25, 0.3) is 0 Å². The van der Waals surface area contributed by atoms with Gasteiger partial charge in [0, 0.05) is 25.0 Å². The summed E-state index contributed by atoms with van der Waals surface area (Å²) in [6.45, 7) is 6.00. The molecule has 0 spiro atoms. The van der Waals surface area contributed by atoms with Crippen molar-refractivity contribution < 1.29 is 4.79 Å². The van der Waals surface area contributed by atoms with E-state index in [4.69, 9.17) is 17.3 Å². The summed E-state index contributed by atoms with van der Waals surface area (Å²) in [4.78, 5) is 16.1. The van der Waals surface area contributed by atoms with Crippen molar-refractivity contribution in [3.8, 4) is 0 Å². The van der Waals surface area contributed by atoms with Crippen LogP contribution in [-0.2, 0) is 10.2 Å². The molecule has 5 atom stereocenters. The van der Waals surface area contributed by atoms with Crippen LogP contribution in [0.1, 0.15) is 57.9 Å². The third kappa shape index (κ3) is 2.48. The fraction of sp³-hybridized carbons (Fsp3) is 0.708. The lowest BCUT2D eigenvalue weighted by atomic mass is 9.58. The summed E-state index contributed by atoms with van der Waals surface area (Å²) >= 11 is 6.57. The Morgan fingerprint density at radius 2 is 1.93 bits per heavy atom. The highest BCUT2D eigenvalue weighted by Crippen LogP contribution is 2.75. The van der Waals surface area contributed by atoms with E-state index in [0.717, 1.165) is 45.2 Å². The number of likely N-dealkylation sites (tertiary alicyclic amines) is 1. The van der Waals surface area contributed by atoms with Crippen LogP contribution in [0.15, 0.2) is 30.3 Å². The number of carbonyl (C=O) groups excluding carboxylic acids is 1. The maximum Gasteiger partial charge on any atom is 0.228 e. The Kier molecular flexibility index (Phi) is 4.04. The van der Waals surface area contributed by atoms with Gasteiger partial charge in [0.05, 0.1) is 5.41 Å². The van der Waals surface area contributed by atoms with Gasteiger partial charge < -0.3 is 10.6 Å². The number of hydrogen-bond acceptors (Lipinski definition) is 2. The predicted molar refractivity (Wildman–Crippen MR) is 113 cm³/mol. The Labute approximate surface area is 174 Å². The second-order valence-electron chi connectivity index (χ2n) is 11.2. The van der Waals surface area contributed by atoms with Crippen molar-refractivity contribution in [2.24, 2.45) is 27.9 Å². The van der Waals surface area contributed by atoms with E-state index in [-0.39, 0.29) is 27.7 Å². The molecule has 1 saturated heterocycles. The predicted octanol–water partition coefficient (Wildman–Crippen LogP) is 4.33. The van der Waals surface area contributed by atoms with E-state index in [1.165, 1.54) is 12.0 Å². The van der Waals surface area contributed by atoms with Gasteiger partial charge in [0.15, 0.2) is 0 Å². The number of nitrogens with two attached hydrogens (primary N) is 1. The van der Waals surface area contributed by atoms with Gasteiger partial charge in [-0.05, 0) is 66.3 Å². The molecule has 4 aliphatic carbocycles. The van der Waals surface area contributed by atoms with Gasteiger partial charge in [-0.25, -0.2) is 0 Å². The van der Waals surface area contributed by atoms with Gasteiger partial charge >= 0.3 is 0 Å². The highest BCUT2D eigenvalue weighted by Gasteiger charge is 2.71. The van der Waals surface area contributed by atoms with E-state index in [1.54, 1.807) is 0 Å². The Balaban J connectivity index is 1.50. The van der Waals surface area contributed by atoms with Gasteiger partial charge in [-0.2, -0.15) is 0 Å². The summed E-state index contributed by atoms with van der Waals surface area (Å²) in [6, 6.07) is 11.1. The topological polar surface area (TPSA) is 46.3 Å². The van der Waals surface area contributed by atoms with Crippen molar-refractivity contribution in [2.45, 2.75) is 63.8 Å². The van der Waals surface area contributed by atoms with E-state index >= 15 is 0 Å². The highest BCUT2D eigenvalue weighted by atomic mass is 35.5. The SMILES string of the molecule is CC1(C)CN(C(=O)C23CC4CC(CCl)(C2)CC4(c2ccccc2)C3)CC[C@@H]1N. The number of hydrogen-bond donors (Lipinski definition) is 1. The molecule has 0 radical (unpaired) electrons. The van der Waals surface area contributed by atoms with Crippen molar-refractivity contribution in [3.63, 3.8) is 0 Å². The second kappa shape index (κ2) is 5.98. The minimum absolute atomic E-state index is 0.0125. The van der Waals surface area contributed by atoms with Crippen molar-refractivity contribution in [2.75, 3.05) is 19.0 Å². The number of halogens is 1. The molecule has 4 saturated carbocycles. The zero-order valence-corrected chi connectivity index (χ0v) is 18.0. The number of piperidine rings is 1. The van der Waals surface area contributed by atoms with E-state index in [0.29, 0.717) is 17.7 Å². The van der Waals surface area contributed by atoms with Crippen molar-refractivity contribution in [1.82, 2.24) is 4.90 Å². The summed E-state index contributed by atoms with van der Waals surface area (Å²) in [5.74, 6) is 1.67. The number of nitrogens with zero attached hydrogens (tertiary/aromatic N) is 1. The largest absolute Gasteiger partial charge is 0.342 e. The molecule has 1 aliphatic heterocycles. The van der Waals surface area contributed by atoms with E-state index in [9.17, 15) is 4.79 Å². The van der Waals surface area contributed by atoms with E-state index < -0.39 is 0 Å². The molecule has 4 unspecified atom stereocenters. The number of amides is 1. The Hall–Kier alpha value is -1.06. The molecular formula is C24H33ClN2O. The molecule has 1 aromatic carbocycles. The molecule has 0 aromatic heterocycles. The van der Waals surface area contributed by atoms with Gasteiger partial charge in [0.1, 0.15) is 0 Å². The number of benzene rings is 1. The first-order valence-electron chi connectivity index (χ1n) is 10.9. The lowest BCUT2D eigenvalue weighted by molar-refractivity contribution is -0.150. The van der Waals surface area contributed by atoms with Gasteiger partial charge in [0.2, 0.25) is 5.91 Å². The average molecular weight is 401 g/mol. The molecule has 4 heteroatoms. The molecule has 5 fully saturated rings. The number of carbonyl (C=O) groups is 1. The van der Waals surface area contributed by atoms with E-state index in [1.807, 2.05) is 0 Å². The van der Waals surface area contributed by atoms with Gasteiger partial charge in [-0.15, -0.1) is 11.6 Å². The molecular weight excluding hydrogens is 368 g/mol. The summed E-state index contributed by atoms with van der Waals surface area (Å²) < 4.78 is 0. The number of alkyl halides is 1. The Bertz CT molecular complexity index is 795. The third-order valence-corrected chi connectivity index (χ3v) is 9.41. The minimum atomic E-state index is -0.219. The quantitative estimate of drug-likeness (QED) is 0.767. The third-order valence-electron chi connectivity index (χ3n) is 8.84. The molecule has 28 heavy (non-hydrogen) atoms. The molecule has 1 aromatic rings. The molecule has 1 amide bonds. The van der Waals surface area contributed by atoms with Crippen LogP contribution in [0.4, 0.5) is 0 Å². The first-order valence-corrected chi connectivity index (χ1v) is 11.4. The lowest BCUT2D eigenvalue weighted by Crippen LogP contribution is -2.58. The van der Waals surface area contributed by atoms with Crippen LogP contribution in [0.3, 0.4) is 0 Å². The van der Waals surface area contributed by atoms with Crippen molar-refractivity contribution in [1.29, 1.82) is 0 Å². The average Bonchev–Trinajstić information content (AvgIpc) is 3.06. The molecule has 3 nitrogen and oxygen atoms in total. The van der Waals surface area contributed by atoms with Crippen LogP contribution in [0, 0.1) is 22.2 Å². The lowest BCUT2D eigenvalue weighted by Gasteiger charge is -2.50. The highest BCUT2D eigenvalue weighted by molar-refractivity contribution is 6.18. The molecule has 2 N–H and O–H groups in total. The second-order valence-corrected chi connectivity index (χ2v) is 11.4. The van der Waals surface area contributed by atoms with Gasteiger partial charge in [-0.1, -0.05) is 44.2 Å². The summed E-state index contributed by atoms with van der Waals surface area (Å²) in [5, 5.41) is 0. The van der Waals surface area contributed by atoms with Crippen molar-refractivity contribution in [3.05, 3.63) is 35.9 Å².